The average Bonchev–Trinajstić information content (AvgIpc) is 2.79. The van der Waals surface area contributed by atoms with Gasteiger partial charge in [0.15, 0.2) is 5.78 Å². The van der Waals surface area contributed by atoms with E-state index in [9.17, 15) is 14.4 Å². The van der Waals surface area contributed by atoms with E-state index in [-0.39, 0.29) is 30.1 Å². The van der Waals surface area contributed by atoms with E-state index in [0.29, 0.717) is 18.7 Å². The van der Waals surface area contributed by atoms with E-state index in [0.717, 1.165) is 29.9 Å². The molecule has 6 heteroatoms. The molecule has 0 N–H and O–H groups in total. The van der Waals surface area contributed by atoms with Gasteiger partial charge in [0.05, 0.1) is 12.5 Å². The summed E-state index contributed by atoms with van der Waals surface area (Å²) in [6.07, 6.45) is 3.98. The van der Waals surface area contributed by atoms with Gasteiger partial charge >= 0.3 is 0 Å². The summed E-state index contributed by atoms with van der Waals surface area (Å²) in [5.74, 6) is 0.0519. The summed E-state index contributed by atoms with van der Waals surface area (Å²) < 4.78 is 0. The summed E-state index contributed by atoms with van der Waals surface area (Å²) in [6, 6.07) is 15.3. The zero-order valence-corrected chi connectivity index (χ0v) is 18.0. The topological polar surface area (TPSA) is 60.9 Å². The third-order valence-corrected chi connectivity index (χ3v) is 6.11. The monoisotopic (exact) mass is 417 g/mol. The van der Waals surface area contributed by atoms with Crippen LogP contribution in [-0.2, 0) is 9.59 Å². The number of fused-ring (bicyclic) bond motifs is 1. The van der Waals surface area contributed by atoms with E-state index in [1.54, 1.807) is 18.0 Å². The van der Waals surface area contributed by atoms with Crippen LogP contribution in [0.2, 0.25) is 0 Å². The number of hydrogen-bond donors (Lipinski definition) is 0. The van der Waals surface area contributed by atoms with E-state index in [4.69, 9.17) is 0 Å². The van der Waals surface area contributed by atoms with Crippen LogP contribution in [0, 0.1) is 0 Å². The Morgan fingerprint density at radius 1 is 0.903 bits per heavy atom. The highest BCUT2D eigenvalue weighted by Crippen LogP contribution is 2.33. The summed E-state index contributed by atoms with van der Waals surface area (Å²) in [4.78, 5) is 42.5. The summed E-state index contributed by atoms with van der Waals surface area (Å²) in [7, 11) is 0. The minimum Gasteiger partial charge on any atom is -0.368 e. The van der Waals surface area contributed by atoms with Crippen LogP contribution in [0.25, 0.3) is 6.08 Å². The zero-order chi connectivity index (χ0) is 22.0. The highest BCUT2D eigenvalue weighted by molar-refractivity contribution is 5.94. The fourth-order valence-electron chi connectivity index (χ4n) is 4.33. The molecule has 2 aromatic carbocycles. The first kappa shape index (κ1) is 20.8. The van der Waals surface area contributed by atoms with Crippen molar-refractivity contribution in [3.05, 3.63) is 71.4 Å². The van der Waals surface area contributed by atoms with E-state index < -0.39 is 0 Å². The number of Topliss-reactive ketones (excluding diaryl/α,β-unsaturated/α-hetero) is 1. The SMILES string of the molecule is CC(=O)c1ccc(N2CCN(C(=O)C[C@@H]3c4ccccc4C=CN3C(C)=O)CC2)cc1. The van der Waals surface area contributed by atoms with Crippen molar-refractivity contribution < 1.29 is 14.4 Å². The van der Waals surface area contributed by atoms with E-state index >= 15 is 0 Å². The van der Waals surface area contributed by atoms with Crippen molar-refractivity contribution in [3.8, 4) is 0 Å². The average molecular weight is 418 g/mol. The van der Waals surface area contributed by atoms with Gasteiger partial charge in [-0.25, -0.2) is 0 Å². The quantitative estimate of drug-likeness (QED) is 0.715. The molecule has 0 spiro atoms. The second-order valence-electron chi connectivity index (χ2n) is 8.06. The lowest BCUT2D eigenvalue weighted by Gasteiger charge is -2.38. The number of hydrogen-bond acceptors (Lipinski definition) is 4. The minimum atomic E-state index is -0.275. The van der Waals surface area contributed by atoms with Gasteiger partial charge in [0, 0.05) is 50.6 Å². The van der Waals surface area contributed by atoms with Gasteiger partial charge in [-0.05, 0) is 48.4 Å². The molecule has 160 valence electrons. The molecule has 0 bridgehead atoms. The third-order valence-electron chi connectivity index (χ3n) is 6.11. The van der Waals surface area contributed by atoms with Crippen LogP contribution in [0.3, 0.4) is 0 Å². The van der Waals surface area contributed by atoms with Crippen LogP contribution in [0.4, 0.5) is 5.69 Å². The minimum absolute atomic E-state index is 0.0562. The van der Waals surface area contributed by atoms with E-state index in [1.807, 2.05) is 59.5 Å². The van der Waals surface area contributed by atoms with Gasteiger partial charge in [-0.1, -0.05) is 24.3 Å². The Morgan fingerprint density at radius 3 is 2.23 bits per heavy atom. The first-order valence-corrected chi connectivity index (χ1v) is 10.6. The molecular formula is C25H27N3O3. The predicted molar refractivity (Wildman–Crippen MR) is 121 cm³/mol. The normalized spacial score (nSPS) is 18.0. The molecule has 1 fully saturated rings. The molecule has 1 saturated heterocycles. The lowest BCUT2D eigenvalue weighted by Crippen LogP contribution is -2.49. The molecule has 0 aliphatic carbocycles. The zero-order valence-electron chi connectivity index (χ0n) is 18.0. The van der Waals surface area contributed by atoms with Crippen LogP contribution in [0.5, 0.6) is 0 Å². The first-order valence-electron chi connectivity index (χ1n) is 10.6. The number of ketones is 1. The van der Waals surface area contributed by atoms with Gasteiger partial charge in [0.25, 0.3) is 0 Å². The molecule has 0 saturated carbocycles. The molecule has 6 nitrogen and oxygen atoms in total. The van der Waals surface area contributed by atoms with Crippen LogP contribution in [0.15, 0.2) is 54.7 Å². The van der Waals surface area contributed by atoms with Gasteiger partial charge in [-0.15, -0.1) is 0 Å². The van der Waals surface area contributed by atoms with Gasteiger partial charge in [-0.2, -0.15) is 0 Å². The maximum atomic E-state index is 13.1. The standard InChI is InChI=1S/C25H27N3O3/c1-18(29)20-7-9-22(10-8-20)26-13-15-27(16-14-26)25(31)17-24-23-6-4-3-5-21(23)11-12-28(24)19(2)30/h3-12,24H,13-17H2,1-2H3/t24-/m1/s1. The molecular weight excluding hydrogens is 390 g/mol. The molecule has 0 radical (unpaired) electrons. The number of carbonyl (C=O) groups excluding carboxylic acids is 3. The van der Waals surface area contributed by atoms with Crippen molar-refractivity contribution in [2.24, 2.45) is 0 Å². The largest absolute Gasteiger partial charge is 0.368 e. The van der Waals surface area contributed by atoms with Gasteiger partial charge in [0.1, 0.15) is 0 Å². The van der Waals surface area contributed by atoms with Gasteiger partial charge < -0.3 is 14.7 Å². The summed E-state index contributed by atoms with van der Waals surface area (Å²) in [5.41, 5.74) is 3.83. The molecule has 2 aliphatic rings. The van der Waals surface area contributed by atoms with Crippen molar-refractivity contribution >= 4 is 29.4 Å². The van der Waals surface area contributed by atoms with Crippen molar-refractivity contribution in [3.63, 3.8) is 0 Å². The highest BCUT2D eigenvalue weighted by atomic mass is 16.2. The maximum Gasteiger partial charge on any atom is 0.225 e. The second-order valence-corrected chi connectivity index (χ2v) is 8.06. The molecule has 31 heavy (non-hydrogen) atoms. The fraction of sp³-hybridized carbons (Fsp3) is 0.320. The van der Waals surface area contributed by atoms with Crippen molar-refractivity contribution in [1.29, 1.82) is 0 Å². The molecule has 1 atom stereocenters. The van der Waals surface area contributed by atoms with Crippen molar-refractivity contribution in [2.75, 3.05) is 31.1 Å². The van der Waals surface area contributed by atoms with Gasteiger partial charge in [0.2, 0.25) is 11.8 Å². The third kappa shape index (κ3) is 4.38. The fourth-order valence-corrected chi connectivity index (χ4v) is 4.33. The van der Waals surface area contributed by atoms with Gasteiger partial charge in [-0.3, -0.25) is 14.4 Å². The number of anilines is 1. The Bertz CT molecular complexity index is 1020. The molecule has 2 aromatic rings. The van der Waals surface area contributed by atoms with Crippen LogP contribution < -0.4 is 4.90 Å². The predicted octanol–water partition coefficient (Wildman–Crippen LogP) is 3.50. The number of benzene rings is 2. The molecule has 4 rings (SSSR count). The van der Waals surface area contributed by atoms with Crippen molar-refractivity contribution in [2.45, 2.75) is 26.3 Å². The number of amides is 2. The summed E-state index contributed by atoms with van der Waals surface area (Å²) >= 11 is 0. The first-order chi connectivity index (χ1) is 14.9. The highest BCUT2D eigenvalue weighted by Gasteiger charge is 2.31. The van der Waals surface area contributed by atoms with Crippen LogP contribution >= 0.6 is 0 Å². The second kappa shape index (κ2) is 8.76. The number of nitrogens with zero attached hydrogens (tertiary/aromatic N) is 3. The Balaban J connectivity index is 1.41. The maximum absolute atomic E-state index is 13.1. The van der Waals surface area contributed by atoms with Crippen LogP contribution in [-0.4, -0.2) is 53.6 Å². The molecule has 2 amide bonds. The van der Waals surface area contributed by atoms with Crippen LogP contribution in [0.1, 0.15) is 47.8 Å². The number of carbonyl (C=O) groups is 3. The van der Waals surface area contributed by atoms with E-state index in [2.05, 4.69) is 4.90 Å². The molecule has 0 aromatic heterocycles. The summed E-state index contributed by atoms with van der Waals surface area (Å²) in [5, 5.41) is 0. The lowest BCUT2D eigenvalue weighted by atomic mass is 9.93. The Hall–Kier alpha value is -3.41. The van der Waals surface area contributed by atoms with E-state index in [1.165, 1.54) is 6.92 Å². The number of piperazine rings is 1. The molecule has 2 aliphatic heterocycles. The molecule has 2 heterocycles. The lowest BCUT2D eigenvalue weighted by molar-refractivity contribution is -0.134. The smallest absolute Gasteiger partial charge is 0.225 e. The molecule has 0 unspecified atom stereocenters. The Morgan fingerprint density at radius 2 is 1.58 bits per heavy atom. The number of rotatable bonds is 4. The summed E-state index contributed by atoms with van der Waals surface area (Å²) in [6.45, 7) is 5.85. The Labute approximate surface area is 182 Å². The van der Waals surface area contributed by atoms with Crippen molar-refractivity contribution in [1.82, 2.24) is 9.80 Å². The Kier molecular flexibility index (Phi) is 5.89.